The van der Waals surface area contributed by atoms with Gasteiger partial charge in [0.1, 0.15) is 5.03 Å². The molecule has 1 aromatic carbocycles. The van der Waals surface area contributed by atoms with Crippen molar-refractivity contribution in [1.29, 1.82) is 0 Å². The maximum absolute atomic E-state index is 12.8. The second-order valence-electron chi connectivity index (χ2n) is 7.32. The molecule has 4 aromatic rings. The molecule has 0 saturated carbocycles. The minimum Gasteiger partial charge on any atom is -0.301 e. The average molecular weight is 469 g/mol. The van der Waals surface area contributed by atoms with E-state index in [0.717, 1.165) is 52.0 Å². The third-order valence-corrected chi connectivity index (χ3v) is 8.06. The Bertz CT molecular complexity index is 1260. The van der Waals surface area contributed by atoms with Crippen molar-refractivity contribution in [2.24, 2.45) is 0 Å². The fourth-order valence-electron chi connectivity index (χ4n) is 3.80. The summed E-state index contributed by atoms with van der Waals surface area (Å²) < 4.78 is 2.85. The molecule has 158 valence electrons. The number of rotatable bonds is 6. The number of nitrogens with one attached hydrogen (secondary N) is 1. The summed E-state index contributed by atoms with van der Waals surface area (Å²) in [6, 6.07) is 11.8. The van der Waals surface area contributed by atoms with Gasteiger partial charge in [0.05, 0.1) is 22.5 Å². The van der Waals surface area contributed by atoms with Crippen LogP contribution in [0.2, 0.25) is 0 Å². The van der Waals surface area contributed by atoms with E-state index in [-0.39, 0.29) is 17.3 Å². The number of hydrogen-bond donors (Lipinski definition) is 1. The maximum atomic E-state index is 12.8. The predicted molar refractivity (Wildman–Crippen MR) is 128 cm³/mol. The highest BCUT2D eigenvalue weighted by Gasteiger charge is 2.21. The highest BCUT2D eigenvalue weighted by Crippen LogP contribution is 2.30. The van der Waals surface area contributed by atoms with Gasteiger partial charge in [-0.05, 0) is 49.3 Å². The molecule has 0 unspecified atom stereocenters. The zero-order valence-electron chi connectivity index (χ0n) is 16.7. The Morgan fingerprint density at radius 3 is 2.84 bits per heavy atom. The summed E-state index contributed by atoms with van der Waals surface area (Å²) in [6.45, 7) is 0.564. The Labute approximate surface area is 191 Å². The number of thiazole rings is 1. The van der Waals surface area contributed by atoms with Gasteiger partial charge in [-0.2, -0.15) is 4.98 Å². The van der Waals surface area contributed by atoms with Gasteiger partial charge < -0.3 is 5.32 Å². The predicted octanol–water partition coefficient (Wildman–Crippen LogP) is 4.57. The van der Waals surface area contributed by atoms with Crippen molar-refractivity contribution < 1.29 is 4.79 Å². The number of fused-ring (bicyclic) bond motifs is 2. The lowest BCUT2D eigenvalue weighted by Gasteiger charge is -2.22. The van der Waals surface area contributed by atoms with Gasteiger partial charge in [0.25, 0.3) is 0 Å². The van der Waals surface area contributed by atoms with Crippen molar-refractivity contribution in [3.05, 3.63) is 68.4 Å². The second kappa shape index (κ2) is 8.94. The molecule has 0 saturated heterocycles. The van der Waals surface area contributed by atoms with Gasteiger partial charge in [-0.1, -0.05) is 41.3 Å². The van der Waals surface area contributed by atoms with Crippen LogP contribution in [0.5, 0.6) is 0 Å². The topological polar surface area (TPSA) is 76.9 Å². The number of benzene rings is 1. The number of anilines is 1. The maximum Gasteiger partial charge on any atom is 0.349 e. The average Bonchev–Trinajstić information content (AvgIpc) is 3.43. The summed E-state index contributed by atoms with van der Waals surface area (Å²) in [7, 11) is 0. The Morgan fingerprint density at radius 1 is 1.13 bits per heavy atom. The summed E-state index contributed by atoms with van der Waals surface area (Å²) in [5, 5.41) is 6.18. The number of amides is 1. The molecular weight excluding hydrogens is 448 g/mol. The van der Waals surface area contributed by atoms with Crippen LogP contribution in [0.1, 0.15) is 29.0 Å². The van der Waals surface area contributed by atoms with Gasteiger partial charge in [-0.3, -0.25) is 9.36 Å². The molecule has 31 heavy (non-hydrogen) atoms. The number of carbonyl (C=O) groups excluding carboxylic acids is 1. The van der Waals surface area contributed by atoms with Gasteiger partial charge in [0, 0.05) is 16.1 Å². The van der Waals surface area contributed by atoms with E-state index < -0.39 is 0 Å². The molecule has 6 nitrogen and oxygen atoms in total. The number of aromatic nitrogens is 3. The van der Waals surface area contributed by atoms with Crippen LogP contribution in [0.4, 0.5) is 5.13 Å². The molecule has 1 amide bonds. The molecule has 3 aromatic heterocycles. The van der Waals surface area contributed by atoms with Crippen LogP contribution in [-0.2, 0) is 24.2 Å². The van der Waals surface area contributed by atoms with Gasteiger partial charge in [0.15, 0.2) is 5.13 Å². The number of para-hydroxylation sites is 1. The standard InChI is InChI=1S/C22H20N4O2S3/c27-19(24-21-23-16-8-2-4-10-18(16)31-21)13-30-20-15-7-1-3-9-17(15)26(22(28)25-20)12-14-6-5-11-29-14/h2,4-6,8,10-11H,1,3,7,9,12-13H2,(H,23,24,27). The minimum atomic E-state index is -0.233. The lowest BCUT2D eigenvalue weighted by atomic mass is 9.97. The van der Waals surface area contributed by atoms with Crippen molar-refractivity contribution in [2.75, 3.05) is 11.1 Å². The first-order valence-corrected chi connectivity index (χ1v) is 12.8. The molecule has 1 aliphatic rings. The van der Waals surface area contributed by atoms with E-state index in [1.165, 1.54) is 23.1 Å². The molecule has 5 rings (SSSR count). The summed E-state index contributed by atoms with van der Waals surface area (Å²) in [5.74, 6) is 0.0576. The van der Waals surface area contributed by atoms with E-state index in [1.807, 2.05) is 46.3 Å². The number of hydrogen-bond acceptors (Lipinski definition) is 7. The fourth-order valence-corrected chi connectivity index (χ4v) is 6.26. The van der Waals surface area contributed by atoms with Gasteiger partial charge in [-0.25, -0.2) is 9.78 Å². The molecule has 9 heteroatoms. The van der Waals surface area contributed by atoms with Crippen LogP contribution in [0.3, 0.4) is 0 Å². The summed E-state index contributed by atoms with van der Waals surface area (Å²) in [4.78, 5) is 35.3. The molecular formula is C22H20N4O2S3. The molecule has 0 bridgehead atoms. The zero-order valence-corrected chi connectivity index (χ0v) is 19.1. The van der Waals surface area contributed by atoms with Crippen LogP contribution in [0.25, 0.3) is 10.2 Å². The van der Waals surface area contributed by atoms with Crippen molar-refractivity contribution in [1.82, 2.24) is 14.5 Å². The minimum absolute atomic E-state index is 0.141. The molecule has 1 N–H and O–H groups in total. The van der Waals surface area contributed by atoms with E-state index >= 15 is 0 Å². The van der Waals surface area contributed by atoms with E-state index in [9.17, 15) is 9.59 Å². The van der Waals surface area contributed by atoms with Gasteiger partial charge in [-0.15, -0.1) is 11.3 Å². The van der Waals surface area contributed by atoms with E-state index in [1.54, 1.807) is 11.3 Å². The van der Waals surface area contributed by atoms with Crippen LogP contribution >= 0.6 is 34.4 Å². The van der Waals surface area contributed by atoms with Crippen LogP contribution < -0.4 is 11.0 Å². The Balaban J connectivity index is 1.33. The molecule has 0 spiro atoms. The second-order valence-corrected chi connectivity index (χ2v) is 10.3. The van der Waals surface area contributed by atoms with Crippen LogP contribution in [0, 0.1) is 0 Å². The van der Waals surface area contributed by atoms with Gasteiger partial charge >= 0.3 is 5.69 Å². The Morgan fingerprint density at radius 2 is 2.00 bits per heavy atom. The van der Waals surface area contributed by atoms with Crippen molar-refractivity contribution >= 4 is 55.7 Å². The molecule has 1 aliphatic carbocycles. The summed E-state index contributed by atoms with van der Waals surface area (Å²) >= 11 is 4.45. The largest absolute Gasteiger partial charge is 0.349 e. The first kappa shape index (κ1) is 20.4. The highest BCUT2D eigenvalue weighted by atomic mass is 32.2. The lowest BCUT2D eigenvalue weighted by molar-refractivity contribution is -0.113. The number of thioether (sulfide) groups is 1. The summed E-state index contributed by atoms with van der Waals surface area (Å²) in [6.07, 6.45) is 3.93. The van der Waals surface area contributed by atoms with E-state index in [4.69, 9.17) is 0 Å². The van der Waals surface area contributed by atoms with Crippen molar-refractivity contribution in [2.45, 2.75) is 37.3 Å². The monoisotopic (exact) mass is 468 g/mol. The summed E-state index contributed by atoms with van der Waals surface area (Å²) in [5.41, 5.74) is 2.84. The first-order valence-electron chi connectivity index (χ1n) is 10.1. The molecule has 0 fully saturated rings. The molecule has 0 radical (unpaired) electrons. The molecule has 0 aliphatic heterocycles. The van der Waals surface area contributed by atoms with Crippen LogP contribution in [-0.4, -0.2) is 26.2 Å². The van der Waals surface area contributed by atoms with Gasteiger partial charge in [0.2, 0.25) is 5.91 Å². The Kier molecular flexibility index (Phi) is 5.89. The molecule has 3 heterocycles. The number of thiophene rings is 1. The highest BCUT2D eigenvalue weighted by molar-refractivity contribution is 8.00. The smallest absolute Gasteiger partial charge is 0.301 e. The third-order valence-electron chi connectivity index (χ3n) is 5.23. The van der Waals surface area contributed by atoms with Crippen molar-refractivity contribution in [3.63, 3.8) is 0 Å². The normalized spacial score (nSPS) is 13.3. The number of nitrogens with zero attached hydrogens (tertiary/aromatic N) is 3. The van der Waals surface area contributed by atoms with Crippen LogP contribution in [0.15, 0.2) is 51.6 Å². The SMILES string of the molecule is O=C(CSc1nc(=O)n(Cc2cccs2)c2c1CCCC2)Nc1nc2ccccc2s1. The number of carbonyl (C=O) groups is 1. The quantitative estimate of drug-likeness (QED) is 0.331. The lowest BCUT2D eigenvalue weighted by Crippen LogP contribution is -2.30. The zero-order chi connectivity index (χ0) is 21.2. The fraction of sp³-hybridized carbons (Fsp3) is 0.273. The molecule has 0 atom stereocenters. The van der Waals surface area contributed by atoms with Crippen molar-refractivity contribution in [3.8, 4) is 0 Å². The van der Waals surface area contributed by atoms with E-state index in [0.29, 0.717) is 16.7 Å². The third kappa shape index (κ3) is 4.44. The van der Waals surface area contributed by atoms with E-state index in [2.05, 4.69) is 15.3 Å². The first-order chi connectivity index (χ1) is 15.2. The Hall–Kier alpha value is -2.49.